The fourth-order valence-electron chi connectivity index (χ4n) is 1.14. The second-order valence-corrected chi connectivity index (χ2v) is 4.52. The molecule has 1 aliphatic heterocycles. The van der Waals surface area contributed by atoms with Crippen LogP contribution in [0.1, 0.15) is 20.8 Å². The number of ether oxygens (including phenoxy) is 1. The second kappa shape index (κ2) is 4.74. The summed E-state index contributed by atoms with van der Waals surface area (Å²) in [7, 11) is 0. The number of carbonyl (C=O) groups excluding carboxylic acids is 1. The third-order valence-corrected chi connectivity index (χ3v) is 1.82. The minimum Gasteiger partial charge on any atom is -0.456 e. The van der Waals surface area contributed by atoms with Crippen LogP contribution in [-0.4, -0.2) is 11.6 Å². The smallest absolute Gasteiger partial charge is 0.351 e. The first-order valence-corrected chi connectivity index (χ1v) is 5.11. The van der Waals surface area contributed by atoms with Crippen LogP contribution in [0.3, 0.4) is 0 Å². The number of hydrogen-bond acceptors (Lipinski definition) is 5. The molecule has 0 radical (unpaired) electrons. The highest BCUT2D eigenvalue weighted by Crippen LogP contribution is 2.14. The zero-order valence-electron chi connectivity index (χ0n) is 10.1. The van der Waals surface area contributed by atoms with E-state index in [9.17, 15) is 4.79 Å². The number of nitrogens with zero attached hydrogens (tertiary/aromatic N) is 1. The van der Waals surface area contributed by atoms with Gasteiger partial charge in [0.25, 0.3) is 0 Å². The molecular weight excluding hydrogens is 218 g/mol. The number of dihydropyridines is 1. The van der Waals surface area contributed by atoms with Crippen molar-refractivity contribution in [3.05, 3.63) is 35.3 Å². The maximum Gasteiger partial charge on any atom is 0.351 e. The van der Waals surface area contributed by atoms with Crippen LogP contribution in [0.5, 0.6) is 0 Å². The average Bonchev–Trinajstić information content (AvgIpc) is 2.19. The minimum atomic E-state index is -0.652. The highest BCUT2D eigenvalue weighted by molar-refractivity contribution is 5.94. The van der Waals surface area contributed by atoms with Crippen molar-refractivity contribution in [1.29, 1.82) is 5.26 Å². The molecule has 5 heteroatoms. The van der Waals surface area contributed by atoms with Crippen LogP contribution < -0.4 is 11.1 Å². The van der Waals surface area contributed by atoms with Crippen molar-refractivity contribution in [1.82, 2.24) is 5.32 Å². The van der Waals surface area contributed by atoms with E-state index in [1.807, 2.05) is 6.07 Å². The van der Waals surface area contributed by atoms with Gasteiger partial charge in [0.2, 0.25) is 0 Å². The summed E-state index contributed by atoms with van der Waals surface area (Å²) in [5.41, 5.74) is 5.71. The normalized spacial score (nSPS) is 17.6. The number of allylic oxidation sites excluding steroid dienone is 2. The lowest BCUT2D eigenvalue weighted by molar-refractivity contribution is -0.149. The summed E-state index contributed by atoms with van der Waals surface area (Å²) in [6.07, 6.45) is 4.68. The average molecular weight is 233 g/mol. The molecule has 3 N–H and O–H groups in total. The third kappa shape index (κ3) is 3.68. The van der Waals surface area contributed by atoms with Crippen molar-refractivity contribution >= 4 is 5.97 Å². The lowest BCUT2D eigenvalue weighted by atomic mass is 10.1. The highest BCUT2D eigenvalue weighted by atomic mass is 16.6. The van der Waals surface area contributed by atoms with Gasteiger partial charge in [-0.2, -0.15) is 5.26 Å². The number of nitriles is 1. The van der Waals surface area contributed by atoms with Crippen molar-refractivity contribution in [3.63, 3.8) is 0 Å². The first kappa shape index (κ1) is 12.8. The van der Waals surface area contributed by atoms with Crippen molar-refractivity contribution < 1.29 is 9.53 Å². The summed E-state index contributed by atoms with van der Waals surface area (Å²) in [6, 6.07) is 1.83. The van der Waals surface area contributed by atoms with Crippen LogP contribution in [0, 0.1) is 11.3 Å². The fraction of sp³-hybridized carbons (Fsp3) is 0.333. The van der Waals surface area contributed by atoms with E-state index < -0.39 is 11.6 Å². The molecule has 0 amide bonds. The van der Waals surface area contributed by atoms with Crippen molar-refractivity contribution in [2.24, 2.45) is 5.73 Å². The lowest BCUT2D eigenvalue weighted by Gasteiger charge is -2.20. The number of nitrogens with two attached hydrogens (primary N) is 1. The van der Waals surface area contributed by atoms with Gasteiger partial charge in [-0.25, -0.2) is 4.79 Å². The molecule has 0 saturated carbocycles. The fourth-order valence-corrected chi connectivity index (χ4v) is 1.14. The van der Waals surface area contributed by atoms with Crippen LogP contribution in [0.4, 0.5) is 0 Å². The van der Waals surface area contributed by atoms with Gasteiger partial charge in [0.15, 0.2) is 5.57 Å². The van der Waals surface area contributed by atoms with Gasteiger partial charge in [-0.05, 0) is 32.9 Å². The molecule has 90 valence electrons. The molecule has 5 nitrogen and oxygen atoms in total. The van der Waals surface area contributed by atoms with E-state index in [0.29, 0.717) is 11.4 Å². The number of carbonyl (C=O) groups is 1. The van der Waals surface area contributed by atoms with Gasteiger partial charge >= 0.3 is 5.97 Å². The monoisotopic (exact) mass is 233 g/mol. The van der Waals surface area contributed by atoms with E-state index in [0.717, 1.165) is 0 Å². The molecule has 0 aromatic carbocycles. The summed E-state index contributed by atoms with van der Waals surface area (Å²) >= 11 is 0. The van der Waals surface area contributed by atoms with Crippen LogP contribution in [0.2, 0.25) is 0 Å². The second-order valence-electron chi connectivity index (χ2n) is 4.52. The number of nitrogens with one attached hydrogen (secondary N) is 1. The molecule has 0 saturated heterocycles. The van der Waals surface area contributed by atoms with Gasteiger partial charge in [0.05, 0.1) is 5.70 Å². The first-order valence-electron chi connectivity index (χ1n) is 5.11. The van der Waals surface area contributed by atoms with Gasteiger partial charge in [-0.3, -0.25) is 0 Å². The molecule has 1 aliphatic rings. The molecule has 0 unspecified atom stereocenters. The molecule has 0 aromatic rings. The van der Waals surface area contributed by atoms with E-state index in [2.05, 4.69) is 5.32 Å². The molecule has 0 aromatic heterocycles. The Hall–Kier alpha value is -2.22. The standard InChI is InChI=1S/C12H15N3O2/c1-12(2,3)17-11(16)9(6-13)10-5-4-8(14)7-15-10/h4-5,7,15H,14H2,1-3H3. The Morgan fingerprint density at radius 2 is 2.12 bits per heavy atom. The lowest BCUT2D eigenvalue weighted by Crippen LogP contribution is -2.26. The minimum absolute atomic E-state index is 0.0695. The van der Waals surface area contributed by atoms with Crippen molar-refractivity contribution in [3.8, 4) is 6.07 Å². The molecule has 1 heterocycles. The van der Waals surface area contributed by atoms with E-state index in [-0.39, 0.29) is 5.57 Å². The zero-order chi connectivity index (χ0) is 13.1. The topological polar surface area (TPSA) is 88.1 Å². The quantitative estimate of drug-likeness (QED) is 0.401. The van der Waals surface area contributed by atoms with Crippen LogP contribution in [-0.2, 0) is 9.53 Å². The van der Waals surface area contributed by atoms with E-state index >= 15 is 0 Å². The molecule has 0 fully saturated rings. The SMILES string of the molecule is CC(C)(C)OC(=O)C(C#N)=C1C=CC(N)=CN1. The molecule has 1 rings (SSSR count). The van der Waals surface area contributed by atoms with Crippen LogP contribution in [0.25, 0.3) is 0 Å². The van der Waals surface area contributed by atoms with Gasteiger partial charge < -0.3 is 15.8 Å². The van der Waals surface area contributed by atoms with Crippen LogP contribution >= 0.6 is 0 Å². The Morgan fingerprint density at radius 1 is 1.47 bits per heavy atom. The molecular formula is C12H15N3O2. The predicted molar refractivity (Wildman–Crippen MR) is 63.0 cm³/mol. The largest absolute Gasteiger partial charge is 0.456 e. The van der Waals surface area contributed by atoms with E-state index in [4.69, 9.17) is 15.7 Å². The highest BCUT2D eigenvalue weighted by Gasteiger charge is 2.22. The molecule has 0 atom stereocenters. The Morgan fingerprint density at radius 3 is 2.53 bits per heavy atom. The zero-order valence-corrected chi connectivity index (χ0v) is 10.1. The third-order valence-electron chi connectivity index (χ3n) is 1.82. The van der Waals surface area contributed by atoms with Gasteiger partial charge in [-0.1, -0.05) is 0 Å². The number of esters is 1. The number of rotatable bonds is 1. The van der Waals surface area contributed by atoms with Gasteiger partial charge in [-0.15, -0.1) is 0 Å². The molecule has 0 spiro atoms. The molecule has 0 aliphatic carbocycles. The Bertz CT molecular complexity index is 459. The first-order chi connectivity index (χ1) is 7.83. The Kier molecular flexibility index (Phi) is 3.59. The van der Waals surface area contributed by atoms with Crippen molar-refractivity contribution in [2.75, 3.05) is 0 Å². The summed E-state index contributed by atoms with van der Waals surface area (Å²) in [6.45, 7) is 5.23. The number of hydrogen-bond donors (Lipinski definition) is 2. The van der Waals surface area contributed by atoms with Gasteiger partial charge in [0, 0.05) is 11.9 Å². The summed E-state index contributed by atoms with van der Waals surface area (Å²) in [5.74, 6) is -0.652. The summed E-state index contributed by atoms with van der Waals surface area (Å²) < 4.78 is 5.13. The molecule has 17 heavy (non-hydrogen) atoms. The van der Waals surface area contributed by atoms with Crippen molar-refractivity contribution in [2.45, 2.75) is 26.4 Å². The van der Waals surface area contributed by atoms with Gasteiger partial charge in [0.1, 0.15) is 11.7 Å². The van der Waals surface area contributed by atoms with E-state index in [1.54, 1.807) is 32.9 Å². The Balaban J connectivity index is 2.94. The van der Waals surface area contributed by atoms with E-state index in [1.165, 1.54) is 6.20 Å². The van der Waals surface area contributed by atoms with Crippen LogP contribution in [0.15, 0.2) is 35.3 Å². The molecule has 0 bridgehead atoms. The summed E-state index contributed by atoms with van der Waals surface area (Å²) in [5, 5.41) is 11.7. The Labute approximate surface area is 100 Å². The maximum atomic E-state index is 11.7. The predicted octanol–water partition coefficient (Wildman–Crippen LogP) is 1.07. The summed E-state index contributed by atoms with van der Waals surface area (Å²) in [4.78, 5) is 11.7. The maximum absolute atomic E-state index is 11.7.